The van der Waals surface area contributed by atoms with Crippen LogP contribution < -0.4 is 5.32 Å². The third-order valence-electron chi connectivity index (χ3n) is 2.99. The van der Waals surface area contributed by atoms with E-state index in [-0.39, 0.29) is 0 Å². The van der Waals surface area contributed by atoms with E-state index in [1.807, 2.05) is 46.8 Å². The first kappa shape index (κ1) is 16.9. The second-order valence-corrected chi connectivity index (χ2v) is 6.25. The molecule has 0 fully saturated rings. The third kappa shape index (κ3) is 4.77. The first-order valence-corrected chi connectivity index (χ1v) is 7.54. The van der Waals surface area contributed by atoms with Crippen LogP contribution in [0.25, 0.3) is 11.4 Å². The smallest absolute Gasteiger partial charge is 0.408 e. The van der Waals surface area contributed by atoms with Crippen molar-refractivity contribution < 1.29 is 14.1 Å². The molecule has 1 amide bonds. The molecule has 0 aliphatic heterocycles. The highest BCUT2D eigenvalue weighted by atomic mass is 16.6. The Balaban J connectivity index is 2.12. The van der Waals surface area contributed by atoms with Crippen molar-refractivity contribution in [1.82, 2.24) is 20.4 Å². The van der Waals surface area contributed by atoms with Crippen molar-refractivity contribution in [3.63, 3.8) is 0 Å². The van der Waals surface area contributed by atoms with Gasteiger partial charge in [0, 0.05) is 17.5 Å². The monoisotopic (exact) mass is 318 g/mol. The van der Waals surface area contributed by atoms with Crippen molar-refractivity contribution >= 4 is 6.09 Å². The Morgan fingerprint density at radius 2 is 2.17 bits per heavy atom. The second-order valence-electron chi connectivity index (χ2n) is 6.25. The summed E-state index contributed by atoms with van der Waals surface area (Å²) in [4.78, 5) is 20.4. The second kappa shape index (κ2) is 6.76. The number of rotatable bonds is 4. The van der Waals surface area contributed by atoms with E-state index in [4.69, 9.17) is 9.26 Å². The number of alkyl carbamates (subject to hydrolysis) is 1. The minimum absolute atomic E-state index is 0.350. The van der Waals surface area contributed by atoms with E-state index >= 15 is 0 Å². The van der Waals surface area contributed by atoms with Crippen molar-refractivity contribution in [2.45, 2.75) is 52.7 Å². The molecule has 0 unspecified atom stereocenters. The molecule has 1 N–H and O–H groups in total. The Morgan fingerprint density at radius 1 is 1.43 bits per heavy atom. The molecule has 7 nitrogen and oxygen atoms in total. The molecule has 0 bridgehead atoms. The van der Waals surface area contributed by atoms with Crippen LogP contribution in [0.3, 0.4) is 0 Å². The molecule has 0 aliphatic rings. The van der Waals surface area contributed by atoms with Gasteiger partial charge in [0.25, 0.3) is 0 Å². The summed E-state index contributed by atoms with van der Waals surface area (Å²) in [5.41, 5.74) is 1.13. The molecule has 0 spiro atoms. The highest BCUT2D eigenvalue weighted by Gasteiger charge is 2.23. The minimum Gasteiger partial charge on any atom is -0.444 e. The van der Waals surface area contributed by atoms with E-state index in [9.17, 15) is 4.79 Å². The molecule has 1 atom stereocenters. The first-order valence-electron chi connectivity index (χ1n) is 7.54. The Kier molecular flexibility index (Phi) is 4.98. The lowest BCUT2D eigenvalue weighted by atomic mass is 10.2. The van der Waals surface area contributed by atoms with Crippen LogP contribution >= 0.6 is 0 Å². The molecule has 2 aromatic rings. The molecule has 7 heteroatoms. The average molecular weight is 318 g/mol. The molecule has 0 saturated carbocycles. The zero-order valence-electron chi connectivity index (χ0n) is 14.1. The molecule has 2 heterocycles. The Hall–Kier alpha value is -2.44. The lowest BCUT2D eigenvalue weighted by Crippen LogP contribution is -2.34. The van der Waals surface area contributed by atoms with Crippen LogP contribution in [0.1, 0.15) is 51.7 Å². The number of carbonyl (C=O) groups is 1. The van der Waals surface area contributed by atoms with Crippen LogP contribution in [0.15, 0.2) is 22.9 Å². The number of carbonyl (C=O) groups excluding carboxylic acids is 1. The number of nitrogens with one attached hydrogen (secondary N) is 1. The number of ether oxygens (including phenoxy) is 1. The molecular formula is C16H22N4O3. The summed E-state index contributed by atoms with van der Waals surface area (Å²) < 4.78 is 10.5. The standard InChI is InChI=1S/C16H22N4O3/c1-6-12(18-15(21)22-16(3,4)5)14-19-13(20-23-14)11-7-8-17-10(2)9-11/h7-9,12H,6H2,1-5H3,(H,18,21)/t12-/m0/s1. The van der Waals surface area contributed by atoms with Crippen molar-refractivity contribution in [2.75, 3.05) is 0 Å². The molecule has 23 heavy (non-hydrogen) atoms. The zero-order chi connectivity index (χ0) is 17.0. The van der Waals surface area contributed by atoms with Gasteiger partial charge in [0.2, 0.25) is 11.7 Å². The van der Waals surface area contributed by atoms with Gasteiger partial charge in [-0.25, -0.2) is 4.79 Å². The van der Waals surface area contributed by atoms with Crippen LogP contribution in [0.2, 0.25) is 0 Å². The molecule has 2 rings (SSSR count). The van der Waals surface area contributed by atoms with E-state index in [0.29, 0.717) is 18.1 Å². The molecule has 0 aliphatic carbocycles. The fourth-order valence-electron chi connectivity index (χ4n) is 1.97. The summed E-state index contributed by atoms with van der Waals surface area (Å²) in [5, 5.41) is 6.72. The van der Waals surface area contributed by atoms with E-state index in [2.05, 4.69) is 20.4 Å². The summed E-state index contributed by atoms with van der Waals surface area (Å²) in [7, 11) is 0. The Labute approximate surface area is 135 Å². The van der Waals surface area contributed by atoms with Crippen molar-refractivity contribution in [1.29, 1.82) is 0 Å². The summed E-state index contributed by atoms with van der Waals surface area (Å²) in [5.74, 6) is 0.817. The maximum absolute atomic E-state index is 11.9. The lowest BCUT2D eigenvalue weighted by molar-refractivity contribution is 0.0492. The number of nitrogens with zero attached hydrogens (tertiary/aromatic N) is 3. The van der Waals surface area contributed by atoms with Gasteiger partial charge in [-0.2, -0.15) is 4.98 Å². The molecule has 124 valence electrons. The average Bonchev–Trinajstić information content (AvgIpc) is 2.92. The predicted molar refractivity (Wildman–Crippen MR) is 84.7 cm³/mol. The van der Waals surface area contributed by atoms with E-state index in [0.717, 1.165) is 11.3 Å². The SMILES string of the molecule is CC[C@H](NC(=O)OC(C)(C)C)c1nc(-c2ccnc(C)c2)no1. The molecule has 0 aromatic carbocycles. The zero-order valence-corrected chi connectivity index (χ0v) is 14.1. The molecule has 0 radical (unpaired) electrons. The maximum Gasteiger partial charge on any atom is 0.408 e. The van der Waals surface area contributed by atoms with Crippen LogP contribution in [0.4, 0.5) is 4.79 Å². The fourth-order valence-corrected chi connectivity index (χ4v) is 1.97. The lowest BCUT2D eigenvalue weighted by Gasteiger charge is -2.21. The third-order valence-corrected chi connectivity index (χ3v) is 2.99. The summed E-state index contributed by atoms with van der Waals surface area (Å²) in [6.07, 6.45) is 1.79. The Bertz CT molecular complexity index is 676. The van der Waals surface area contributed by atoms with Gasteiger partial charge in [0.15, 0.2) is 0 Å². The molecule has 0 saturated heterocycles. The summed E-state index contributed by atoms with van der Waals surface area (Å²) in [6.45, 7) is 9.24. The highest BCUT2D eigenvalue weighted by molar-refractivity contribution is 5.68. The summed E-state index contributed by atoms with van der Waals surface area (Å²) >= 11 is 0. The van der Waals surface area contributed by atoms with E-state index in [1.165, 1.54) is 0 Å². The fraction of sp³-hybridized carbons (Fsp3) is 0.500. The largest absolute Gasteiger partial charge is 0.444 e. The van der Waals surface area contributed by atoms with Crippen LogP contribution in [-0.2, 0) is 4.74 Å². The van der Waals surface area contributed by atoms with Gasteiger partial charge in [-0.3, -0.25) is 4.98 Å². The highest BCUT2D eigenvalue weighted by Crippen LogP contribution is 2.21. The van der Waals surface area contributed by atoms with Gasteiger partial charge in [0.1, 0.15) is 11.6 Å². The van der Waals surface area contributed by atoms with Crippen molar-refractivity contribution in [3.05, 3.63) is 29.9 Å². The van der Waals surface area contributed by atoms with Gasteiger partial charge in [-0.1, -0.05) is 12.1 Å². The quantitative estimate of drug-likeness (QED) is 0.929. The number of pyridine rings is 1. The predicted octanol–water partition coefficient (Wildman–Crippen LogP) is 3.42. The topological polar surface area (TPSA) is 90.1 Å². The van der Waals surface area contributed by atoms with Crippen molar-refractivity contribution in [3.8, 4) is 11.4 Å². The van der Waals surface area contributed by atoms with Gasteiger partial charge in [-0.05, 0) is 46.2 Å². The minimum atomic E-state index is -0.559. The maximum atomic E-state index is 11.9. The number of amides is 1. The van der Waals surface area contributed by atoms with Crippen LogP contribution in [0.5, 0.6) is 0 Å². The molecular weight excluding hydrogens is 296 g/mol. The van der Waals surface area contributed by atoms with Gasteiger partial charge in [-0.15, -0.1) is 0 Å². The van der Waals surface area contributed by atoms with E-state index in [1.54, 1.807) is 6.20 Å². The number of aryl methyl sites for hydroxylation is 1. The first-order chi connectivity index (χ1) is 10.8. The number of aromatic nitrogens is 3. The summed E-state index contributed by atoms with van der Waals surface area (Å²) in [6, 6.07) is 3.29. The normalized spacial score (nSPS) is 12.7. The number of hydrogen-bond donors (Lipinski definition) is 1. The van der Waals surface area contributed by atoms with Crippen molar-refractivity contribution in [2.24, 2.45) is 0 Å². The molecule has 2 aromatic heterocycles. The van der Waals surface area contributed by atoms with Crippen LogP contribution in [0, 0.1) is 6.92 Å². The van der Waals surface area contributed by atoms with E-state index < -0.39 is 17.7 Å². The van der Waals surface area contributed by atoms with Gasteiger partial charge < -0.3 is 14.6 Å². The van der Waals surface area contributed by atoms with Gasteiger partial charge >= 0.3 is 6.09 Å². The van der Waals surface area contributed by atoms with Gasteiger partial charge in [0.05, 0.1) is 0 Å². The Morgan fingerprint density at radius 3 is 2.78 bits per heavy atom. The number of hydrogen-bond acceptors (Lipinski definition) is 6. The van der Waals surface area contributed by atoms with Crippen LogP contribution in [-0.4, -0.2) is 26.8 Å².